The number of hydroxylamine groups is 2. The minimum absolute atomic E-state index is 0.0944. The predicted molar refractivity (Wildman–Crippen MR) is 63.7 cm³/mol. The average Bonchev–Trinajstić information content (AvgIpc) is 2.37. The number of ether oxygens (including phenoxy) is 2. The van der Waals surface area contributed by atoms with Crippen LogP contribution in [0.5, 0.6) is 11.5 Å². The fourth-order valence-corrected chi connectivity index (χ4v) is 1.55. The van der Waals surface area contributed by atoms with Crippen molar-refractivity contribution < 1.29 is 27.9 Å². The summed E-state index contributed by atoms with van der Waals surface area (Å²) < 4.78 is 33.8. The van der Waals surface area contributed by atoms with Crippen LogP contribution in [0.1, 0.15) is 10.4 Å². The Morgan fingerprint density at radius 3 is 2.42 bits per heavy atom. The smallest absolute Gasteiger partial charge is 0.387 e. The zero-order valence-corrected chi connectivity index (χ0v) is 11.2. The number of hydrogen-bond acceptors (Lipinski definition) is 4. The molecule has 0 aromatic heterocycles. The molecule has 1 aromatic rings. The molecule has 0 saturated heterocycles. The van der Waals surface area contributed by atoms with Gasteiger partial charge >= 0.3 is 6.61 Å². The van der Waals surface area contributed by atoms with E-state index in [0.29, 0.717) is 0 Å². The summed E-state index contributed by atoms with van der Waals surface area (Å²) in [5, 5.41) is 0.952. The first-order chi connectivity index (χ1) is 8.90. The van der Waals surface area contributed by atoms with Gasteiger partial charge in [-0.25, -0.2) is 5.06 Å². The van der Waals surface area contributed by atoms with Gasteiger partial charge in [0.05, 0.1) is 24.8 Å². The topological polar surface area (TPSA) is 48.0 Å². The molecule has 19 heavy (non-hydrogen) atoms. The van der Waals surface area contributed by atoms with Crippen LogP contribution in [0.4, 0.5) is 8.78 Å². The van der Waals surface area contributed by atoms with Gasteiger partial charge in [0, 0.05) is 13.1 Å². The molecule has 0 unspecified atom stereocenters. The third kappa shape index (κ3) is 3.68. The van der Waals surface area contributed by atoms with Crippen LogP contribution in [0.3, 0.4) is 0 Å². The molecular weight excluding hydrogens is 284 g/mol. The molecule has 0 fully saturated rings. The highest BCUT2D eigenvalue weighted by Crippen LogP contribution is 2.34. The number of methoxy groups -OCH3 is 1. The molecule has 0 radical (unpaired) electrons. The molecule has 0 aliphatic heterocycles. The zero-order chi connectivity index (χ0) is 14.6. The predicted octanol–water partition coefficient (Wildman–Crippen LogP) is 2.58. The van der Waals surface area contributed by atoms with Gasteiger partial charge in [-0.2, -0.15) is 8.78 Å². The number of carbonyl (C=O) groups is 1. The normalized spacial score (nSPS) is 10.5. The van der Waals surface area contributed by atoms with Crippen LogP contribution in [0.2, 0.25) is 5.02 Å². The number of rotatable bonds is 5. The van der Waals surface area contributed by atoms with Crippen LogP contribution in [-0.4, -0.2) is 38.8 Å². The van der Waals surface area contributed by atoms with E-state index < -0.39 is 12.5 Å². The lowest BCUT2D eigenvalue weighted by molar-refractivity contribution is -0.0771. The van der Waals surface area contributed by atoms with E-state index in [1.165, 1.54) is 27.3 Å². The van der Waals surface area contributed by atoms with Crippen molar-refractivity contribution in [2.45, 2.75) is 6.61 Å². The van der Waals surface area contributed by atoms with Gasteiger partial charge in [-0.15, -0.1) is 0 Å². The lowest BCUT2D eigenvalue weighted by atomic mass is 10.1. The van der Waals surface area contributed by atoms with Crippen molar-refractivity contribution in [2.24, 2.45) is 0 Å². The van der Waals surface area contributed by atoms with Crippen molar-refractivity contribution >= 4 is 17.5 Å². The minimum atomic E-state index is -3.08. The quantitative estimate of drug-likeness (QED) is 0.783. The Morgan fingerprint density at radius 2 is 1.95 bits per heavy atom. The molecule has 0 N–H and O–H groups in total. The molecule has 1 rings (SSSR count). The van der Waals surface area contributed by atoms with E-state index in [1.54, 1.807) is 0 Å². The second-order valence-electron chi connectivity index (χ2n) is 3.35. The molecule has 1 amide bonds. The molecule has 0 heterocycles. The molecule has 0 atom stereocenters. The summed E-state index contributed by atoms with van der Waals surface area (Å²) in [5.41, 5.74) is -0.157. The van der Waals surface area contributed by atoms with E-state index in [1.807, 2.05) is 0 Å². The maximum atomic E-state index is 12.3. The lowest BCUT2D eigenvalue weighted by Crippen LogP contribution is -2.26. The number of benzene rings is 1. The van der Waals surface area contributed by atoms with Gasteiger partial charge in [0.25, 0.3) is 5.91 Å². The van der Waals surface area contributed by atoms with Gasteiger partial charge in [-0.05, 0) is 6.07 Å². The number of nitrogens with zero attached hydrogens (tertiary/aromatic N) is 1. The van der Waals surface area contributed by atoms with Gasteiger partial charge < -0.3 is 9.47 Å². The minimum Gasteiger partial charge on any atom is -0.495 e. The number of carbonyl (C=O) groups excluding carboxylic acids is 1. The van der Waals surface area contributed by atoms with Gasteiger partial charge in [0.1, 0.15) is 11.5 Å². The van der Waals surface area contributed by atoms with E-state index in [4.69, 9.17) is 16.3 Å². The Balaban J connectivity index is 3.27. The monoisotopic (exact) mass is 295 g/mol. The standard InChI is InChI=1S/C11H12ClF2NO4/c1-15(18-3)10(16)6-4-7(12)9(17-2)5-8(6)19-11(13)14/h4-5,11H,1-3H3. The van der Waals surface area contributed by atoms with Crippen LogP contribution >= 0.6 is 11.6 Å². The maximum absolute atomic E-state index is 12.3. The second kappa shape index (κ2) is 6.53. The summed E-state index contributed by atoms with van der Waals surface area (Å²) in [6.45, 7) is -3.08. The van der Waals surface area contributed by atoms with Crippen LogP contribution < -0.4 is 9.47 Å². The highest BCUT2D eigenvalue weighted by molar-refractivity contribution is 6.32. The Labute approximate surface area is 113 Å². The van der Waals surface area contributed by atoms with Gasteiger partial charge in [0.15, 0.2) is 0 Å². The summed E-state index contributed by atoms with van der Waals surface area (Å²) in [5.74, 6) is -0.901. The number of hydrogen-bond donors (Lipinski definition) is 0. The second-order valence-corrected chi connectivity index (χ2v) is 3.75. The SMILES string of the molecule is COc1cc(OC(F)F)c(C(=O)N(C)OC)cc1Cl. The van der Waals surface area contributed by atoms with E-state index in [2.05, 4.69) is 9.57 Å². The van der Waals surface area contributed by atoms with Crippen molar-refractivity contribution in [3.8, 4) is 11.5 Å². The van der Waals surface area contributed by atoms with Crippen LogP contribution in [0.25, 0.3) is 0 Å². The first kappa shape index (κ1) is 15.5. The zero-order valence-electron chi connectivity index (χ0n) is 10.4. The van der Waals surface area contributed by atoms with Crippen LogP contribution in [0, 0.1) is 0 Å². The lowest BCUT2D eigenvalue weighted by Gasteiger charge is -2.17. The molecule has 5 nitrogen and oxygen atoms in total. The Morgan fingerprint density at radius 1 is 1.32 bits per heavy atom. The highest BCUT2D eigenvalue weighted by Gasteiger charge is 2.22. The summed E-state index contributed by atoms with van der Waals surface area (Å²) in [6.07, 6.45) is 0. The van der Waals surface area contributed by atoms with E-state index in [0.717, 1.165) is 11.1 Å². The van der Waals surface area contributed by atoms with Crippen LogP contribution in [0.15, 0.2) is 12.1 Å². The summed E-state index contributed by atoms with van der Waals surface area (Å²) in [7, 11) is 3.90. The first-order valence-electron chi connectivity index (χ1n) is 5.05. The largest absolute Gasteiger partial charge is 0.495 e. The molecule has 0 aliphatic carbocycles. The third-order valence-electron chi connectivity index (χ3n) is 2.26. The van der Waals surface area contributed by atoms with Crippen molar-refractivity contribution in [1.82, 2.24) is 5.06 Å². The van der Waals surface area contributed by atoms with E-state index >= 15 is 0 Å². The van der Waals surface area contributed by atoms with Gasteiger partial charge in [-0.3, -0.25) is 9.63 Å². The molecule has 0 aliphatic rings. The average molecular weight is 296 g/mol. The number of halogens is 3. The number of amides is 1. The molecule has 0 spiro atoms. The molecule has 0 saturated carbocycles. The Kier molecular flexibility index (Phi) is 5.31. The van der Waals surface area contributed by atoms with Crippen LogP contribution in [-0.2, 0) is 4.84 Å². The fraction of sp³-hybridized carbons (Fsp3) is 0.364. The van der Waals surface area contributed by atoms with Crippen molar-refractivity contribution in [3.05, 3.63) is 22.7 Å². The van der Waals surface area contributed by atoms with Gasteiger partial charge in [-0.1, -0.05) is 11.6 Å². The summed E-state index contributed by atoms with van der Waals surface area (Å²) in [4.78, 5) is 16.6. The van der Waals surface area contributed by atoms with Gasteiger partial charge in [0.2, 0.25) is 0 Å². The summed E-state index contributed by atoms with van der Waals surface area (Å²) >= 11 is 5.85. The fourth-order valence-electron chi connectivity index (χ4n) is 1.30. The third-order valence-corrected chi connectivity index (χ3v) is 2.56. The molecule has 1 aromatic carbocycles. The summed E-state index contributed by atoms with van der Waals surface area (Å²) in [6, 6.07) is 2.29. The molecule has 0 bridgehead atoms. The Bertz CT molecular complexity index is 470. The molecule has 106 valence electrons. The number of alkyl halides is 2. The molecule has 8 heteroatoms. The van der Waals surface area contributed by atoms with Crippen molar-refractivity contribution in [3.63, 3.8) is 0 Å². The highest BCUT2D eigenvalue weighted by atomic mass is 35.5. The van der Waals surface area contributed by atoms with E-state index in [9.17, 15) is 13.6 Å². The van der Waals surface area contributed by atoms with Crippen molar-refractivity contribution in [1.29, 1.82) is 0 Å². The maximum Gasteiger partial charge on any atom is 0.387 e. The van der Waals surface area contributed by atoms with E-state index in [-0.39, 0.29) is 22.1 Å². The first-order valence-corrected chi connectivity index (χ1v) is 5.43. The molecular formula is C11H12ClF2NO4. The van der Waals surface area contributed by atoms with Crippen molar-refractivity contribution in [2.75, 3.05) is 21.3 Å². The Hall–Kier alpha value is -1.60.